The summed E-state index contributed by atoms with van der Waals surface area (Å²) in [7, 11) is 0. The first-order chi connectivity index (χ1) is 11.6. The highest BCUT2D eigenvalue weighted by atomic mass is 16.6. The van der Waals surface area contributed by atoms with Crippen LogP contribution in [0.15, 0.2) is 48.5 Å². The lowest BCUT2D eigenvalue weighted by Crippen LogP contribution is -2.24. The number of aryl methyl sites for hydroxylation is 2. The number of rotatable bonds is 6. The number of carbonyl (C=O) groups excluding carboxylic acids is 1. The summed E-state index contributed by atoms with van der Waals surface area (Å²) in [5.41, 5.74) is 3.49. The van der Waals surface area contributed by atoms with Gasteiger partial charge in [0.15, 0.2) is 0 Å². The highest BCUT2D eigenvalue weighted by molar-refractivity contribution is 5.69. The molecule has 24 heavy (non-hydrogen) atoms. The number of carbonyl (C=O) groups is 1. The van der Waals surface area contributed by atoms with Crippen molar-refractivity contribution >= 4 is 6.09 Å². The number of hydrogen-bond acceptors (Lipinski definition) is 3. The van der Waals surface area contributed by atoms with Gasteiger partial charge in [-0.3, -0.25) is 0 Å². The number of hydrogen-bond donors (Lipinski definition) is 0. The van der Waals surface area contributed by atoms with E-state index in [1.165, 1.54) is 11.1 Å². The van der Waals surface area contributed by atoms with Crippen molar-refractivity contribution in [2.45, 2.75) is 32.9 Å². The van der Waals surface area contributed by atoms with Crippen molar-refractivity contribution in [2.75, 3.05) is 13.2 Å². The molecule has 4 heteroatoms. The maximum Gasteiger partial charge on any atom is 0.410 e. The molecule has 0 aromatic heterocycles. The van der Waals surface area contributed by atoms with Crippen LogP contribution in [0.1, 0.15) is 23.1 Å². The first-order valence-corrected chi connectivity index (χ1v) is 8.31. The van der Waals surface area contributed by atoms with E-state index >= 15 is 0 Å². The Morgan fingerprint density at radius 3 is 2.54 bits per heavy atom. The minimum Gasteiger partial charge on any atom is -0.493 e. The Morgan fingerprint density at radius 2 is 1.83 bits per heavy atom. The molecule has 4 nitrogen and oxygen atoms in total. The van der Waals surface area contributed by atoms with E-state index in [1.54, 1.807) is 4.90 Å². The minimum atomic E-state index is -0.241. The van der Waals surface area contributed by atoms with E-state index in [0.29, 0.717) is 26.1 Å². The standard InChI is InChI=1S/C20H23NO3/c1-15-10-16(2)12-19(11-15)23-9-8-18-14-21(20(22)24-18)13-17-6-4-3-5-7-17/h3-7,10-12,18H,8-9,13-14H2,1-2H3. The van der Waals surface area contributed by atoms with Gasteiger partial charge in [0.25, 0.3) is 0 Å². The molecule has 0 spiro atoms. The highest BCUT2D eigenvalue weighted by Crippen LogP contribution is 2.19. The quantitative estimate of drug-likeness (QED) is 0.803. The van der Waals surface area contributed by atoms with Crippen LogP contribution in [0, 0.1) is 13.8 Å². The second kappa shape index (κ2) is 7.39. The normalized spacial score (nSPS) is 17.0. The molecular formula is C20H23NO3. The van der Waals surface area contributed by atoms with E-state index in [1.807, 2.05) is 42.5 Å². The van der Waals surface area contributed by atoms with Crippen LogP contribution < -0.4 is 4.74 Å². The van der Waals surface area contributed by atoms with E-state index < -0.39 is 0 Å². The van der Waals surface area contributed by atoms with Crippen molar-refractivity contribution in [2.24, 2.45) is 0 Å². The molecule has 126 valence electrons. The van der Waals surface area contributed by atoms with Crippen LogP contribution in [0.4, 0.5) is 4.79 Å². The molecule has 0 aliphatic carbocycles. The van der Waals surface area contributed by atoms with Gasteiger partial charge in [-0.05, 0) is 42.7 Å². The molecule has 0 saturated carbocycles. The van der Waals surface area contributed by atoms with Crippen LogP contribution in [-0.2, 0) is 11.3 Å². The van der Waals surface area contributed by atoms with Crippen LogP contribution in [-0.4, -0.2) is 30.2 Å². The summed E-state index contributed by atoms with van der Waals surface area (Å²) in [6, 6.07) is 16.1. The molecule has 1 saturated heterocycles. The van der Waals surface area contributed by atoms with Crippen molar-refractivity contribution in [1.82, 2.24) is 4.90 Å². The predicted octanol–water partition coefficient (Wildman–Crippen LogP) is 4.09. The monoisotopic (exact) mass is 325 g/mol. The van der Waals surface area contributed by atoms with Gasteiger partial charge in [0.05, 0.1) is 13.2 Å². The average Bonchev–Trinajstić information content (AvgIpc) is 2.87. The zero-order valence-corrected chi connectivity index (χ0v) is 14.2. The molecule has 1 aliphatic rings. The Hall–Kier alpha value is -2.49. The maximum atomic E-state index is 12.0. The van der Waals surface area contributed by atoms with Gasteiger partial charge in [-0.1, -0.05) is 36.4 Å². The Morgan fingerprint density at radius 1 is 1.12 bits per heavy atom. The second-order valence-electron chi connectivity index (χ2n) is 6.33. The molecule has 1 amide bonds. The van der Waals surface area contributed by atoms with Crippen LogP contribution in [0.5, 0.6) is 5.75 Å². The molecular weight excluding hydrogens is 302 g/mol. The van der Waals surface area contributed by atoms with E-state index in [4.69, 9.17) is 9.47 Å². The Balaban J connectivity index is 1.47. The van der Waals surface area contributed by atoms with E-state index in [0.717, 1.165) is 11.3 Å². The average molecular weight is 325 g/mol. The van der Waals surface area contributed by atoms with E-state index in [-0.39, 0.29) is 12.2 Å². The molecule has 0 N–H and O–H groups in total. The van der Waals surface area contributed by atoms with E-state index in [2.05, 4.69) is 19.9 Å². The number of cyclic esters (lactones) is 1. The molecule has 1 unspecified atom stereocenters. The smallest absolute Gasteiger partial charge is 0.410 e. The molecule has 1 aliphatic heterocycles. The van der Waals surface area contributed by atoms with Gasteiger partial charge in [0.1, 0.15) is 11.9 Å². The molecule has 1 fully saturated rings. The Bertz CT molecular complexity index is 679. The molecule has 1 atom stereocenters. The van der Waals surface area contributed by atoms with Gasteiger partial charge in [0, 0.05) is 13.0 Å². The summed E-state index contributed by atoms with van der Waals surface area (Å²) in [4.78, 5) is 13.7. The second-order valence-corrected chi connectivity index (χ2v) is 6.33. The van der Waals surface area contributed by atoms with Crippen molar-refractivity contribution < 1.29 is 14.3 Å². The fourth-order valence-electron chi connectivity index (χ4n) is 2.98. The molecule has 2 aromatic carbocycles. The van der Waals surface area contributed by atoms with Gasteiger partial charge < -0.3 is 14.4 Å². The number of nitrogens with zero attached hydrogens (tertiary/aromatic N) is 1. The first kappa shape index (κ1) is 16.4. The van der Waals surface area contributed by atoms with Gasteiger partial charge in [-0.25, -0.2) is 4.79 Å². The fourth-order valence-corrected chi connectivity index (χ4v) is 2.98. The minimum absolute atomic E-state index is 0.105. The van der Waals surface area contributed by atoms with Crippen LogP contribution in [0.25, 0.3) is 0 Å². The summed E-state index contributed by atoms with van der Waals surface area (Å²) < 4.78 is 11.2. The van der Waals surface area contributed by atoms with Crippen LogP contribution >= 0.6 is 0 Å². The van der Waals surface area contributed by atoms with Gasteiger partial charge in [-0.2, -0.15) is 0 Å². The van der Waals surface area contributed by atoms with Gasteiger partial charge in [0.2, 0.25) is 0 Å². The third-order valence-corrected chi connectivity index (χ3v) is 4.07. The zero-order valence-electron chi connectivity index (χ0n) is 14.2. The lowest BCUT2D eigenvalue weighted by molar-refractivity contribution is 0.119. The summed E-state index contributed by atoms with van der Waals surface area (Å²) in [5, 5.41) is 0. The van der Waals surface area contributed by atoms with Crippen molar-refractivity contribution in [1.29, 1.82) is 0 Å². The van der Waals surface area contributed by atoms with Gasteiger partial charge in [-0.15, -0.1) is 0 Å². The Kier molecular flexibility index (Phi) is 5.04. The summed E-state index contributed by atoms with van der Waals surface area (Å²) >= 11 is 0. The lowest BCUT2D eigenvalue weighted by Gasteiger charge is -2.13. The van der Waals surface area contributed by atoms with E-state index in [9.17, 15) is 4.79 Å². The predicted molar refractivity (Wildman–Crippen MR) is 93.1 cm³/mol. The third kappa shape index (κ3) is 4.28. The summed E-state index contributed by atoms with van der Waals surface area (Å²) in [5.74, 6) is 0.873. The summed E-state index contributed by atoms with van der Waals surface area (Å²) in [6.45, 7) is 5.86. The fraction of sp³-hybridized carbons (Fsp3) is 0.350. The lowest BCUT2D eigenvalue weighted by atomic mass is 10.1. The Labute approximate surface area is 143 Å². The topological polar surface area (TPSA) is 38.8 Å². The maximum absolute atomic E-state index is 12.0. The number of benzene rings is 2. The molecule has 3 rings (SSSR count). The van der Waals surface area contributed by atoms with Crippen LogP contribution in [0.2, 0.25) is 0 Å². The SMILES string of the molecule is Cc1cc(C)cc(OCCC2CN(Cc3ccccc3)C(=O)O2)c1. The van der Waals surface area contributed by atoms with Gasteiger partial charge >= 0.3 is 6.09 Å². The van der Waals surface area contributed by atoms with Crippen molar-refractivity contribution in [3.8, 4) is 5.75 Å². The number of ether oxygens (including phenoxy) is 2. The van der Waals surface area contributed by atoms with Crippen molar-refractivity contribution in [3.05, 3.63) is 65.2 Å². The molecule has 2 aromatic rings. The van der Waals surface area contributed by atoms with Crippen LogP contribution in [0.3, 0.4) is 0 Å². The van der Waals surface area contributed by atoms with Crippen molar-refractivity contribution in [3.63, 3.8) is 0 Å². The first-order valence-electron chi connectivity index (χ1n) is 8.31. The molecule has 1 heterocycles. The zero-order chi connectivity index (χ0) is 16.9. The summed E-state index contributed by atoms with van der Waals surface area (Å²) in [6.07, 6.45) is 0.353. The largest absolute Gasteiger partial charge is 0.493 e. The third-order valence-electron chi connectivity index (χ3n) is 4.07. The molecule has 0 bridgehead atoms. The molecule has 0 radical (unpaired) electrons. The highest BCUT2D eigenvalue weighted by Gasteiger charge is 2.30. The number of amides is 1.